The second-order valence-electron chi connectivity index (χ2n) is 16.1. The summed E-state index contributed by atoms with van der Waals surface area (Å²) >= 11 is 13.1. The van der Waals surface area contributed by atoms with Gasteiger partial charge in [-0.2, -0.15) is 5.26 Å². The first-order chi connectivity index (χ1) is 27.0. The summed E-state index contributed by atoms with van der Waals surface area (Å²) in [6.45, 7) is 3.28. The number of nitriles is 1. The van der Waals surface area contributed by atoms with Crippen LogP contribution in [0.15, 0.2) is 42.6 Å². The number of halogens is 6. The molecular weight excluding hydrogens is 765 g/mol. The van der Waals surface area contributed by atoms with Crippen LogP contribution in [0.25, 0.3) is 32.9 Å². The lowest BCUT2D eigenvalue weighted by Crippen LogP contribution is -2.45. The standard InChI is InChI=1S/C42H37Cl2F4N7O/c1-19-27-15-31(38-23-12-24(54(38)42(56)20-7-8-20)18-53(17-23)41-34(45)26(40(47)48)9-11-50-41)55(37-22-14-30(37)51-16-22)39(27)28-13-21(4-3-10-49)32(35(46)36(28)52-19)25-5-2-6-29(43)33(25)44/h2,5-6,9,11,13,15,20,22-24,30,37-38,40,51H,3-4,7-8,12,14,16-18H2,1H3/t22-,23+,24-,30-,37+,38-/m1/s1. The third-order valence-electron chi connectivity index (χ3n) is 13.0. The fourth-order valence-electron chi connectivity index (χ4n) is 10.3. The first-order valence-electron chi connectivity index (χ1n) is 19.3. The Morgan fingerprint density at radius 3 is 2.61 bits per heavy atom. The molecule has 6 aliphatic rings. The highest BCUT2D eigenvalue weighted by Gasteiger charge is 2.55. The Hall–Kier alpha value is -4.44. The maximum atomic E-state index is 17.3. The van der Waals surface area contributed by atoms with Crippen molar-refractivity contribution in [2.24, 2.45) is 17.8 Å². The lowest BCUT2D eigenvalue weighted by molar-refractivity contribution is -0.135. The van der Waals surface area contributed by atoms with Crippen molar-refractivity contribution < 1.29 is 22.4 Å². The predicted molar refractivity (Wildman–Crippen MR) is 206 cm³/mol. The van der Waals surface area contributed by atoms with Gasteiger partial charge in [-0.1, -0.05) is 35.3 Å². The van der Waals surface area contributed by atoms with Crippen LogP contribution < -0.4 is 10.2 Å². The number of aryl methyl sites for hydroxylation is 2. The van der Waals surface area contributed by atoms with E-state index in [1.54, 1.807) is 23.1 Å². The van der Waals surface area contributed by atoms with Crippen molar-refractivity contribution in [1.82, 2.24) is 24.8 Å². The van der Waals surface area contributed by atoms with E-state index in [1.807, 2.05) is 17.9 Å². The molecule has 4 aliphatic heterocycles. The molecule has 14 heteroatoms. The van der Waals surface area contributed by atoms with E-state index in [1.165, 1.54) is 6.20 Å². The van der Waals surface area contributed by atoms with Crippen LogP contribution >= 0.6 is 23.2 Å². The lowest BCUT2D eigenvalue weighted by Gasteiger charge is -2.40. The summed E-state index contributed by atoms with van der Waals surface area (Å²) in [4.78, 5) is 27.3. The molecule has 2 saturated carbocycles. The number of benzene rings is 2. The molecule has 6 fully saturated rings. The van der Waals surface area contributed by atoms with Gasteiger partial charge in [0.1, 0.15) is 5.52 Å². The fraction of sp³-hybridized carbons (Fsp3) is 0.429. The van der Waals surface area contributed by atoms with E-state index in [2.05, 4.69) is 27.0 Å². The number of hydrogen-bond donors (Lipinski definition) is 1. The minimum absolute atomic E-state index is 0.0245. The molecule has 11 rings (SSSR count). The van der Waals surface area contributed by atoms with Crippen LogP contribution in [-0.2, 0) is 11.2 Å². The predicted octanol–water partition coefficient (Wildman–Crippen LogP) is 9.26. The largest absolute Gasteiger partial charge is 0.352 e. The van der Waals surface area contributed by atoms with Crippen molar-refractivity contribution >= 4 is 56.7 Å². The Labute approximate surface area is 330 Å². The maximum Gasteiger partial charge on any atom is 0.266 e. The molecule has 6 atom stereocenters. The quantitative estimate of drug-likeness (QED) is 0.158. The summed E-state index contributed by atoms with van der Waals surface area (Å²) in [5.74, 6) is -1.61. The number of nitrogens with zero attached hydrogens (tertiary/aromatic N) is 6. The van der Waals surface area contributed by atoms with E-state index < -0.39 is 29.7 Å². The Balaban J connectivity index is 1.20. The van der Waals surface area contributed by atoms with Gasteiger partial charge in [-0.15, -0.1) is 0 Å². The van der Waals surface area contributed by atoms with Gasteiger partial charge in [0.25, 0.3) is 6.43 Å². The van der Waals surface area contributed by atoms with E-state index in [0.29, 0.717) is 41.1 Å². The summed E-state index contributed by atoms with van der Waals surface area (Å²) < 4.78 is 62.9. The minimum atomic E-state index is -2.99. The average Bonchev–Trinajstić information content (AvgIpc) is 3.46. The van der Waals surface area contributed by atoms with Crippen LogP contribution in [0.2, 0.25) is 10.0 Å². The smallest absolute Gasteiger partial charge is 0.266 e. The molecule has 2 aromatic carbocycles. The van der Waals surface area contributed by atoms with E-state index >= 15 is 8.78 Å². The van der Waals surface area contributed by atoms with Crippen molar-refractivity contribution in [3.05, 3.63) is 86.8 Å². The molecule has 0 unspecified atom stereocenters. The van der Waals surface area contributed by atoms with Gasteiger partial charge >= 0.3 is 0 Å². The third-order valence-corrected chi connectivity index (χ3v) is 13.8. The van der Waals surface area contributed by atoms with Gasteiger partial charge in [0.2, 0.25) is 5.91 Å². The van der Waals surface area contributed by atoms with Crippen LogP contribution in [0.5, 0.6) is 0 Å². The molecule has 2 aliphatic carbocycles. The minimum Gasteiger partial charge on any atom is -0.352 e. The second-order valence-corrected chi connectivity index (χ2v) is 16.9. The number of rotatable bonds is 8. The van der Waals surface area contributed by atoms with Gasteiger partial charge < -0.3 is 19.7 Å². The highest BCUT2D eigenvalue weighted by atomic mass is 35.5. The molecule has 4 bridgehead atoms. The van der Waals surface area contributed by atoms with Crippen molar-refractivity contribution in [3.8, 4) is 17.2 Å². The number of fused-ring (bicyclic) bond motifs is 6. The summed E-state index contributed by atoms with van der Waals surface area (Å²) in [7, 11) is 0. The van der Waals surface area contributed by atoms with Gasteiger partial charge in [-0.3, -0.25) is 4.79 Å². The van der Waals surface area contributed by atoms with Gasteiger partial charge in [0, 0.05) is 83.4 Å². The zero-order valence-electron chi connectivity index (χ0n) is 30.4. The first-order valence-corrected chi connectivity index (χ1v) is 20.0. The van der Waals surface area contributed by atoms with E-state index in [4.69, 9.17) is 28.2 Å². The monoisotopic (exact) mass is 801 g/mol. The number of alkyl halides is 2. The number of anilines is 1. The van der Waals surface area contributed by atoms with Crippen LogP contribution in [0.3, 0.4) is 0 Å². The first kappa shape index (κ1) is 35.9. The van der Waals surface area contributed by atoms with Crippen LogP contribution in [0.1, 0.15) is 73.1 Å². The Morgan fingerprint density at radius 2 is 1.89 bits per heavy atom. The highest BCUT2D eigenvalue weighted by Crippen LogP contribution is 2.54. The van der Waals surface area contributed by atoms with Gasteiger partial charge in [-0.25, -0.2) is 27.5 Å². The molecule has 8 nitrogen and oxygen atoms in total. The molecule has 0 radical (unpaired) electrons. The van der Waals surface area contributed by atoms with Crippen molar-refractivity contribution in [3.63, 3.8) is 0 Å². The number of hydrogen-bond acceptors (Lipinski definition) is 6. The topological polar surface area (TPSA) is 90.1 Å². The van der Waals surface area contributed by atoms with E-state index in [9.17, 15) is 18.8 Å². The summed E-state index contributed by atoms with van der Waals surface area (Å²) in [6.07, 6.45) is 1.90. The average molecular weight is 803 g/mol. The molecule has 56 heavy (non-hydrogen) atoms. The second kappa shape index (κ2) is 13.3. The Kier molecular flexibility index (Phi) is 8.55. The number of nitrogens with one attached hydrogen (secondary N) is 1. The normalized spacial score (nSPS) is 25.4. The number of aromatic nitrogens is 3. The number of likely N-dealkylation sites (tertiary alicyclic amines) is 1. The van der Waals surface area contributed by atoms with Gasteiger partial charge in [0.15, 0.2) is 17.5 Å². The van der Waals surface area contributed by atoms with E-state index in [0.717, 1.165) is 48.5 Å². The molecule has 0 spiro atoms. The molecule has 3 aromatic heterocycles. The highest BCUT2D eigenvalue weighted by molar-refractivity contribution is 6.43. The summed E-state index contributed by atoms with van der Waals surface area (Å²) in [5.41, 5.74) is 3.13. The van der Waals surface area contributed by atoms with Crippen molar-refractivity contribution in [1.29, 1.82) is 5.26 Å². The number of piperidine rings is 1. The number of pyridine rings is 2. The van der Waals surface area contributed by atoms with Crippen LogP contribution in [0, 0.1) is 47.6 Å². The molecule has 1 amide bonds. The molecule has 7 heterocycles. The van der Waals surface area contributed by atoms with Crippen molar-refractivity contribution in [2.75, 3.05) is 24.5 Å². The molecule has 288 valence electrons. The Morgan fingerprint density at radius 1 is 1.07 bits per heavy atom. The zero-order valence-corrected chi connectivity index (χ0v) is 31.9. The SMILES string of the molecule is Cc1nc2c(F)c(-c3cccc(Cl)c3Cl)c(CCC#N)cc2c2c1cc([C@H]1[C@H]3C[C@H](CN(c4nccc(C(F)F)c4F)C3)N1C(=O)C1CC1)n2[C@H]1[C@H]2CN[C@@H]1C2. The van der Waals surface area contributed by atoms with Crippen LogP contribution in [-0.4, -0.2) is 57.1 Å². The summed E-state index contributed by atoms with van der Waals surface area (Å²) in [6, 6.07) is 11.8. The molecule has 4 saturated heterocycles. The molecule has 5 aromatic rings. The summed E-state index contributed by atoms with van der Waals surface area (Å²) in [5, 5.41) is 15.2. The lowest BCUT2D eigenvalue weighted by atomic mass is 9.79. The Bertz CT molecular complexity index is 2500. The van der Waals surface area contributed by atoms with E-state index in [-0.39, 0.29) is 82.2 Å². The molecule has 1 N–H and O–H groups in total. The van der Waals surface area contributed by atoms with Crippen LogP contribution in [0.4, 0.5) is 23.4 Å². The fourth-order valence-corrected chi connectivity index (χ4v) is 10.7. The zero-order chi connectivity index (χ0) is 38.7. The number of carbonyl (C=O) groups excluding carboxylic acids is 1. The van der Waals surface area contributed by atoms with Crippen molar-refractivity contribution in [2.45, 2.75) is 76.0 Å². The number of amides is 1. The van der Waals surface area contributed by atoms with Gasteiger partial charge in [-0.05, 0) is 74.8 Å². The molecular formula is C42H37Cl2F4N7O. The number of carbonyl (C=O) groups is 1. The maximum absolute atomic E-state index is 17.3. The third kappa shape index (κ3) is 5.37. The van der Waals surface area contributed by atoms with Gasteiger partial charge in [0.05, 0.1) is 45.3 Å².